The SMILES string of the molecule is CCOC(=O)C1CC2(CCC3C4C=CC5=CC(=O)CCC5(C)C4CCC32C)OC1=O. The number of allylic oxidation sites excluding steroid dienone is 4. The van der Waals surface area contributed by atoms with Crippen molar-refractivity contribution in [3.05, 3.63) is 23.8 Å². The molecule has 5 nitrogen and oxygen atoms in total. The number of fused-ring (bicyclic) bond motifs is 6. The number of hydrogen-bond donors (Lipinski definition) is 0. The smallest absolute Gasteiger partial charge is 0.321 e. The third-order valence-electron chi connectivity index (χ3n) is 9.49. The van der Waals surface area contributed by atoms with Crippen molar-refractivity contribution in [2.24, 2.45) is 34.5 Å². The van der Waals surface area contributed by atoms with Crippen molar-refractivity contribution in [1.29, 1.82) is 0 Å². The van der Waals surface area contributed by atoms with Crippen molar-refractivity contribution in [2.45, 2.75) is 71.3 Å². The molecule has 1 aliphatic heterocycles. The molecule has 7 unspecified atom stereocenters. The Bertz CT molecular complexity index is 871. The van der Waals surface area contributed by atoms with Crippen LogP contribution in [-0.4, -0.2) is 29.9 Å². The van der Waals surface area contributed by atoms with E-state index >= 15 is 0 Å². The van der Waals surface area contributed by atoms with Crippen LogP contribution in [0.25, 0.3) is 0 Å². The molecule has 2 saturated carbocycles. The summed E-state index contributed by atoms with van der Waals surface area (Å²) in [7, 11) is 0. The molecule has 5 heteroatoms. The minimum atomic E-state index is -0.781. The van der Waals surface area contributed by atoms with E-state index in [0.29, 0.717) is 30.6 Å². The molecule has 30 heavy (non-hydrogen) atoms. The first kappa shape index (κ1) is 20.0. The molecule has 0 aromatic rings. The highest BCUT2D eigenvalue weighted by Crippen LogP contribution is 2.69. The lowest BCUT2D eigenvalue weighted by molar-refractivity contribution is -0.167. The Morgan fingerprint density at radius 3 is 2.70 bits per heavy atom. The minimum absolute atomic E-state index is 0.0598. The van der Waals surface area contributed by atoms with Gasteiger partial charge in [0.15, 0.2) is 11.7 Å². The van der Waals surface area contributed by atoms with E-state index in [0.717, 1.165) is 32.1 Å². The molecule has 1 saturated heterocycles. The standard InChI is InChI=1S/C25H32O5/c1-4-29-21(27)18-14-25(30-22(18)28)12-9-20-17-6-5-15-13-16(26)7-10-23(15,2)19(17)8-11-24(20,25)3/h5-6,13,17-20H,4,7-12,14H2,1-3H3. The summed E-state index contributed by atoms with van der Waals surface area (Å²) in [6.45, 7) is 6.67. The van der Waals surface area contributed by atoms with Crippen molar-refractivity contribution in [3.8, 4) is 0 Å². The van der Waals surface area contributed by atoms with Crippen LogP contribution >= 0.6 is 0 Å². The number of carbonyl (C=O) groups excluding carboxylic acids is 3. The normalized spacial score (nSPS) is 46.7. The fourth-order valence-electron chi connectivity index (χ4n) is 7.73. The van der Waals surface area contributed by atoms with E-state index in [2.05, 4.69) is 26.0 Å². The molecule has 0 aromatic heterocycles. The fraction of sp³-hybridized carbons (Fsp3) is 0.720. The third kappa shape index (κ3) is 2.50. The van der Waals surface area contributed by atoms with Gasteiger partial charge in [0.1, 0.15) is 5.60 Å². The van der Waals surface area contributed by atoms with E-state index in [1.54, 1.807) is 6.92 Å². The molecule has 5 aliphatic rings. The molecule has 0 bridgehead atoms. The maximum atomic E-state index is 12.6. The molecular formula is C25H32O5. The summed E-state index contributed by atoms with van der Waals surface area (Å²) in [5.41, 5.74) is 0.581. The zero-order valence-electron chi connectivity index (χ0n) is 18.2. The second kappa shape index (κ2) is 6.54. The summed E-state index contributed by atoms with van der Waals surface area (Å²) in [5.74, 6) is 0.000947. The van der Waals surface area contributed by atoms with Crippen LogP contribution < -0.4 is 0 Å². The largest absolute Gasteiger partial charge is 0.465 e. The van der Waals surface area contributed by atoms with E-state index in [9.17, 15) is 14.4 Å². The van der Waals surface area contributed by atoms with Crippen molar-refractivity contribution < 1.29 is 23.9 Å². The van der Waals surface area contributed by atoms with Crippen LogP contribution in [0.15, 0.2) is 23.8 Å². The van der Waals surface area contributed by atoms with Crippen LogP contribution in [0.3, 0.4) is 0 Å². The number of ketones is 1. The predicted octanol–water partition coefficient (Wildman–Crippen LogP) is 4.16. The highest BCUT2D eigenvalue weighted by Gasteiger charge is 2.68. The Balaban J connectivity index is 1.46. The van der Waals surface area contributed by atoms with Gasteiger partial charge in [0, 0.05) is 18.3 Å². The second-order valence-corrected chi connectivity index (χ2v) is 10.6. The monoisotopic (exact) mass is 412 g/mol. The Labute approximate surface area is 178 Å². The third-order valence-corrected chi connectivity index (χ3v) is 9.49. The molecule has 7 atom stereocenters. The van der Waals surface area contributed by atoms with Gasteiger partial charge in [0.25, 0.3) is 0 Å². The first-order valence-corrected chi connectivity index (χ1v) is 11.6. The number of carbonyl (C=O) groups is 3. The lowest BCUT2D eigenvalue weighted by Crippen LogP contribution is -2.53. The zero-order valence-corrected chi connectivity index (χ0v) is 18.2. The van der Waals surface area contributed by atoms with Gasteiger partial charge >= 0.3 is 11.9 Å². The number of ether oxygens (including phenoxy) is 2. The van der Waals surface area contributed by atoms with Gasteiger partial charge in [0.2, 0.25) is 0 Å². The lowest BCUT2D eigenvalue weighted by atomic mass is 9.48. The molecule has 0 amide bonds. The molecule has 4 aliphatic carbocycles. The molecule has 1 spiro atoms. The fourth-order valence-corrected chi connectivity index (χ4v) is 7.73. The number of rotatable bonds is 2. The molecule has 3 fully saturated rings. The molecule has 5 rings (SSSR count). The lowest BCUT2D eigenvalue weighted by Gasteiger charge is -2.57. The van der Waals surface area contributed by atoms with Gasteiger partial charge in [-0.25, -0.2) is 0 Å². The highest BCUT2D eigenvalue weighted by atomic mass is 16.6. The summed E-state index contributed by atoms with van der Waals surface area (Å²) in [4.78, 5) is 37.0. The van der Waals surface area contributed by atoms with Gasteiger partial charge in [-0.3, -0.25) is 14.4 Å². The summed E-state index contributed by atoms with van der Waals surface area (Å²) in [6.07, 6.45) is 12.3. The van der Waals surface area contributed by atoms with Crippen LogP contribution in [-0.2, 0) is 23.9 Å². The van der Waals surface area contributed by atoms with Gasteiger partial charge < -0.3 is 9.47 Å². The minimum Gasteiger partial charge on any atom is -0.465 e. The van der Waals surface area contributed by atoms with E-state index in [-0.39, 0.29) is 23.2 Å². The molecular weight excluding hydrogens is 380 g/mol. The molecule has 162 valence electrons. The van der Waals surface area contributed by atoms with Gasteiger partial charge in [0.05, 0.1) is 6.61 Å². The molecule has 1 heterocycles. The van der Waals surface area contributed by atoms with E-state index in [1.807, 2.05) is 6.08 Å². The van der Waals surface area contributed by atoms with Gasteiger partial charge in [-0.15, -0.1) is 0 Å². The zero-order chi connectivity index (χ0) is 21.3. The Hall–Kier alpha value is -1.91. The highest BCUT2D eigenvalue weighted by molar-refractivity contribution is 5.96. The van der Waals surface area contributed by atoms with Gasteiger partial charge in [-0.05, 0) is 73.8 Å². The Morgan fingerprint density at radius 1 is 1.17 bits per heavy atom. The molecule has 0 N–H and O–H groups in total. The Kier molecular flexibility index (Phi) is 4.37. The van der Waals surface area contributed by atoms with Crippen LogP contribution in [0.1, 0.15) is 65.7 Å². The average Bonchev–Trinajstić information content (AvgIpc) is 3.20. The quantitative estimate of drug-likeness (QED) is 0.503. The number of esters is 2. The first-order chi connectivity index (χ1) is 14.2. The van der Waals surface area contributed by atoms with Gasteiger partial charge in [-0.2, -0.15) is 0 Å². The maximum Gasteiger partial charge on any atom is 0.321 e. The van der Waals surface area contributed by atoms with Gasteiger partial charge in [-0.1, -0.05) is 26.0 Å². The maximum absolute atomic E-state index is 12.6. The Morgan fingerprint density at radius 2 is 1.93 bits per heavy atom. The summed E-state index contributed by atoms with van der Waals surface area (Å²) < 4.78 is 11.2. The topological polar surface area (TPSA) is 69.7 Å². The number of hydrogen-bond acceptors (Lipinski definition) is 5. The van der Waals surface area contributed by atoms with Crippen LogP contribution in [0, 0.1) is 34.5 Å². The summed E-state index contributed by atoms with van der Waals surface area (Å²) in [6, 6.07) is 0. The van der Waals surface area contributed by atoms with E-state index in [4.69, 9.17) is 9.47 Å². The van der Waals surface area contributed by atoms with E-state index < -0.39 is 23.5 Å². The molecule has 0 radical (unpaired) electrons. The van der Waals surface area contributed by atoms with Crippen LogP contribution in [0.4, 0.5) is 0 Å². The van der Waals surface area contributed by atoms with Crippen molar-refractivity contribution in [2.75, 3.05) is 6.61 Å². The van der Waals surface area contributed by atoms with Crippen molar-refractivity contribution in [3.63, 3.8) is 0 Å². The van der Waals surface area contributed by atoms with Crippen LogP contribution in [0.5, 0.6) is 0 Å². The second-order valence-electron chi connectivity index (χ2n) is 10.6. The average molecular weight is 413 g/mol. The predicted molar refractivity (Wildman–Crippen MR) is 110 cm³/mol. The van der Waals surface area contributed by atoms with Crippen molar-refractivity contribution >= 4 is 17.7 Å². The summed E-state index contributed by atoms with van der Waals surface area (Å²) in [5, 5.41) is 0. The van der Waals surface area contributed by atoms with Crippen LogP contribution in [0.2, 0.25) is 0 Å². The van der Waals surface area contributed by atoms with E-state index in [1.165, 1.54) is 5.57 Å². The summed E-state index contributed by atoms with van der Waals surface area (Å²) >= 11 is 0. The first-order valence-electron chi connectivity index (χ1n) is 11.6. The molecule has 0 aromatic carbocycles. The van der Waals surface area contributed by atoms with Crippen molar-refractivity contribution in [1.82, 2.24) is 0 Å².